The molecule has 0 spiro atoms. The third-order valence-electron chi connectivity index (χ3n) is 2.74. The van der Waals surface area contributed by atoms with E-state index in [4.69, 9.17) is 0 Å². The van der Waals surface area contributed by atoms with Crippen molar-refractivity contribution in [2.75, 3.05) is 25.5 Å². The van der Waals surface area contributed by atoms with Crippen LogP contribution in [0.2, 0.25) is 0 Å². The summed E-state index contributed by atoms with van der Waals surface area (Å²) in [5.41, 5.74) is 1.56. The normalized spacial score (nSPS) is 12.7. The molecule has 3 N–H and O–H groups in total. The van der Waals surface area contributed by atoms with Gasteiger partial charge in [-0.25, -0.2) is 4.79 Å². The van der Waals surface area contributed by atoms with Crippen LogP contribution in [0.25, 0.3) is 0 Å². The lowest BCUT2D eigenvalue weighted by atomic mass is 10.1. The lowest BCUT2D eigenvalue weighted by Gasteiger charge is -2.21. The maximum atomic E-state index is 11.6. The number of hydrogen-bond donors (Lipinski definition) is 3. The van der Waals surface area contributed by atoms with Gasteiger partial charge in [-0.05, 0) is 38.5 Å². The lowest BCUT2D eigenvalue weighted by Crippen LogP contribution is -2.47. The first-order chi connectivity index (χ1) is 9.19. The van der Waals surface area contributed by atoms with Crippen LogP contribution in [-0.2, 0) is 0 Å². The highest BCUT2D eigenvalue weighted by Crippen LogP contribution is 2.17. The number of rotatable bonds is 4. The molecule has 112 valence electrons. The second-order valence-electron chi connectivity index (χ2n) is 6.09. The maximum absolute atomic E-state index is 11.6. The van der Waals surface area contributed by atoms with Crippen LogP contribution in [0.1, 0.15) is 32.4 Å². The molecule has 0 aromatic heterocycles. The summed E-state index contributed by atoms with van der Waals surface area (Å²) in [6.07, 6.45) is -0.711. The molecule has 0 heterocycles. The Hall–Kier alpha value is -1.75. The van der Waals surface area contributed by atoms with Gasteiger partial charge >= 0.3 is 6.03 Å². The number of aliphatic hydroxyl groups is 1. The first kappa shape index (κ1) is 16.3. The van der Waals surface area contributed by atoms with Crippen molar-refractivity contribution in [3.63, 3.8) is 0 Å². The molecule has 5 nitrogen and oxygen atoms in total. The van der Waals surface area contributed by atoms with Crippen LogP contribution in [0.15, 0.2) is 24.3 Å². The van der Waals surface area contributed by atoms with Crippen LogP contribution in [0.3, 0.4) is 0 Å². The maximum Gasteiger partial charge on any atom is 0.315 e. The molecule has 0 aliphatic rings. The molecule has 5 heteroatoms. The fourth-order valence-electron chi connectivity index (χ4n) is 1.69. The molecular weight excluding hydrogens is 254 g/mol. The van der Waals surface area contributed by atoms with Crippen LogP contribution in [0.4, 0.5) is 10.5 Å². The Morgan fingerprint density at radius 2 is 1.80 bits per heavy atom. The van der Waals surface area contributed by atoms with Crippen molar-refractivity contribution in [1.82, 2.24) is 10.6 Å². The van der Waals surface area contributed by atoms with Crippen molar-refractivity contribution in [1.29, 1.82) is 0 Å². The Bertz CT molecular complexity index is 435. The average molecular weight is 279 g/mol. The number of hydrogen-bond acceptors (Lipinski definition) is 3. The molecule has 0 fully saturated rings. The zero-order valence-electron chi connectivity index (χ0n) is 12.9. The Morgan fingerprint density at radius 3 is 2.25 bits per heavy atom. The second-order valence-corrected chi connectivity index (χ2v) is 6.09. The third-order valence-corrected chi connectivity index (χ3v) is 2.74. The van der Waals surface area contributed by atoms with E-state index in [0.717, 1.165) is 11.3 Å². The van der Waals surface area contributed by atoms with Gasteiger partial charge in [-0.15, -0.1) is 0 Å². The molecular formula is C15H25N3O2. The monoisotopic (exact) mass is 279 g/mol. The predicted octanol–water partition coefficient (Wildman–Crippen LogP) is 1.88. The summed E-state index contributed by atoms with van der Waals surface area (Å²) < 4.78 is 0. The highest BCUT2D eigenvalue weighted by Gasteiger charge is 2.15. The predicted molar refractivity (Wildman–Crippen MR) is 82.0 cm³/mol. The summed E-state index contributed by atoms with van der Waals surface area (Å²) >= 11 is 0. The molecule has 1 rings (SSSR count). The first-order valence-corrected chi connectivity index (χ1v) is 6.70. The summed E-state index contributed by atoms with van der Waals surface area (Å²) in [7, 11) is 3.92. The van der Waals surface area contributed by atoms with Gasteiger partial charge in [0.1, 0.15) is 0 Å². The van der Waals surface area contributed by atoms with E-state index in [1.807, 2.05) is 64.0 Å². The summed E-state index contributed by atoms with van der Waals surface area (Å²) in [5.74, 6) is 0. The van der Waals surface area contributed by atoms with Gasteiger partial charge < -0.3 is 20.6 Å². The highest BCUT2D eigenvalue weighted by molar-refractivity contribution is 5.74. The zero-order chi connectivity index (χ0) is 15.3. The number of carbonyl (C=O) groups is 1. The molecule has 2 amide bonds. The highest BCUT2D eigenvalue weighted by atomic mass is 16.3. The van der Waals surface area contributed by atoms with Gasteiger partial charge in [0.15, 0.2) is 0 Å². The van der Waals surface area contributed by atoms with E-state index in [1.165, 1.54) is 0 Å². The molecule has 1 unspecified atom stereocenters. The quantitative estimate of drug-likeness (QED) is 0.788. The Balaban J connectivity index is 2.50. The van der Waals surface area contributed by atoms with E-state index in [1.54, 1.807) is 0 Å². The minimum atomic E-state index is -0.711. The molecule has 1 aromatic carbocycles. The fraction of sp³-hybridized carbons (Fsp3) is 0.533. The fourth-order valence-corrected chi connectivity index (χ4v) is 1.69. The van der Waals surface area contributed by atoms with Gasteiger partial charge in [-0.2, -0.15) is 0 Å². The summed E-state index contributed by atoms with van der Waals surface area (Å²) in [4.78, 5) is 13.6. The molecule has 0 saturated carbocycles. The average Bonchev–Trinajstić information content (AvgIpc) is 2.34. The van der Waals surface area contributed by atoms with Crippen LogP contribution in [0, 0.1) is 0 Å². The number of anilines is 1. The van der Waals surface area contributed by atoms with Crippen molar-refractivity contribution in [2.45, 2.75) is 32.4 Å². The van der Waals surface area contributed by atoms with E-state index in [9.17, 15) is 9.90 Å². The lowest BCUT2D eigenvalue weighted by molar-refractivity contribution is 0.171. The molecule has 0 aliphatic carbocycles. The van der Waals surface area contributed by atoms with Gasteiger partial charge in [0.25, 0.3) is 0 Å². The number of nitrogens with one attached hydrogen (secondary N) is 2. The second kappa shape index (κ2) is 6.61. The molecule has 20 heavy (non-hydrogen) atoms. The van der Waals surface area contributed by atoms with Crippen LogP contribution in [0.5, 0.6) is 0 Å². The first-order valence-electron chi connectivity index (χ1n) is 6.70. The number of aliphatic hydroxyl groups excluding tert-OH is 1. The summed E-state index contributed by atoms with van der Waals surface area (Å²) in [6.45, 7) is 5.90. The van der Waals surface area contributed by atoms with E-state index >= 15 is 0 Å². The number of amides is 2. The van der Waals surface area contributed by atoms with Crippen LogP contribution in [-0.4, -0.2) is 37.3 Å². The van der Waals surface area contributed by atoms with Gasteiger partial charge in [0.05, 0.1) is 6.10 Å². The zero-order valence-corrected chi connectivity index (χ0v) is 12.9. The standard InChI is InChI=1S/C15H25N3O2/c1-15(2,3)17-14(20)16-10-13(19)11-6-8-12(9-7-11)18(4)5/h6-9,13,19H,10H2,1-5H3,(H2,16,17,20). The molecule has 0 saturated heterocycles. The van der Waals surface area contributed by atoms with E-state index < -0.39 is 6.10 Å². The van der Waals surface area contributed by atoms with E-state index in [-0.39, 0.29) is 18.1 Å². The smallest absolute Gasteiger partial charge is 0.315 e. The van der Waals surface area contributed by atoms with Crippen LogP contribution >= 0.6 is 0 Å². The van der Waals surface area contributed by atoms with Crippen molar-refractivity contribution in [3.8, 4) is 0 Å². The molecule has 1 aromatic rings. The van der Waals surface area contributed by atoms with Gasteiger partial charge in [0.2, 0.25) is 0 Å². The summed E-state index contributed by atoms with van der Waals surface area (Å²) in [5, 5.41) is 15.5. The number of nitrogens with zero attached hydrogens (tertiary/aromatic N) is 1. The summed E-state index contributed by atoms with van der Waals surface area (Å²) in [6, 6.07) is 7.33. The molecule has 1 atom stereocenters. The molecule has 0 aliphatic heterocycles. The molecule has 0 radical (unpaired) electrons. The van der Waals surface area contributed by atoms with Crippen molar-refractivity contribution in [2.24, 2.45) is 0 Å². The minimum absolute atomic E-state index is 0.184. The largest absolute Gasteiger partial charge is 0.387 e. The molecule has 0 bridgehead atoms. The van der Waals surface area contributed by atoms with Gasteiger partial charge in [-0.1, -0.05) is 12.1 Å². The topological polar surface area (TPSA) is 64.6 Å². The number of carbonyl (C=O) groups excluding carboxylic acids is 1. The van der Waals surface area contributed by atoms with Crippen molar-refractivity contribution >= 4 is 11.7 Å². The Kier molecular flexibility index (Phi) is 5.39. The van der Waals surface area contributed by atoms with Crippen LogP contribution < -0.4 is 15.5 Å². The number of benzene rings is 1. The van der Waals surface area contributed by atoms with E-state index in [0.29, 0.717) is 0 Å². The van der Waals surface area contributed by atoms with Crippen molar-refractivity contribution in [3.05, 3.63) is 29.8 Å². The van der Waals surface area contributed by atoms with Gasteiger partial charge in [-0.3, -0.25) is 0 Å². The number of urea groups is 1. The minimum Gasteiger partial charge on any atom is -0.387 e. The Labute approximate surface area is 121 Å². The SMILES string of the molecule is CN(C)c1ccc(C(O)CNC(=O)NC(C)(C)C)cc1. The Morgan fingerprint density at radius 1 is 1.25 bits per heavy atom. The van der Waals surface area contributed by atoms with Gasteiger partial charge in [0, 0.05) is 31.9 Å². The third kappa shape index (κ3) is 5.48. The van der Waals surface area contributed by atoms with E-state index in [2.05, 4.69) is 10.6 Å². The van der Waals surface area contributed by atoms with Crippen molar-refractivity contribution < 1.29 is 9.90 Å².